The molecule has 0 saturated heterocycles. The molecule has 0 aliphatic rings. The molecule has 0 atom stereocenters. The topological polar surface area (TPSA) is 50.7 Å². The minimum absolute atomic E-state index is 0.317. The van der Waals surface area contributed by atoms with Crippen molar-refractivity contribution in [1.29, 1.82) is 0 Å². The summed E-state index contributed by atoms with van der Waals surface area (Å²) in [4.78, 5) is 11.8. The lowest BCUT2D eigenvalue weighted by molar-refractivity contribution is 0.0955. The van der Waals surface area contributed by atoms with E-state index in [0.717, 1.165) is 5.56 Å². The maximum Gasteiger partial charge on any atom is 0.271 e. The molecule has 108 valence electrons. The number of carbonyl (C=O) groups is 1. The quantitative estimate of drug-likeness (QED) is 0.688. The van der Waals surface area contributed by atoms with Gasteiger partial charge in [-0.25, -0.2) is 5.43 Å². The van der Waals surface area contributed by atoms with Gasteiger partial charge in [-0.15, -0.1) is 0 Å². The van der Waals surface area contributed by atoms with Crippen LogP contribution in [0, 0.1) is 0 Å². The number of benzene rings is 2. The van der Waals surface area contributed by atoms with Gasteiger partial charge < -0.3 is 4.74 Å². The Morgan fingerprint density at radius 3 is 2.52 bits per heavy atom. The third-order valence-corrected chi connectivity index (χ3v) is 3.21. The molecule has 0 aliphatic carbocycles. The molecular weight excluding hydrogens is 311 g/mol. The third-order valence-electron chi connectivity index (χ3n) is 2.66. The molecule has 0 heterocycles. The predicted octanol–water partition coefficient (Wildman–Crippen LogP) is 3.77. The van der Waals surface area contributed by atoms with E-state index in [1.165, 1.54) is 6.21 Å². The fraction of sp³-hybridized carbons (Fsp3) is 0.0667. The molecule has 0 saturated carbocycles. The zero-order valence-corrected chi connectivity index (χ0v) is 12.7. The number of hydrogen-bond donors (Lipinski definition) is 1. The van der Waals surface area contributed by atoms with Crippen LogP contribution in [-0.4, -0.2) is 19.2 Å². The number of hydrogen-bond acceptors (Lipinski definition) is 3. The van der Waals surface area contributed by atoms with Gasteiger partial charge in [0.1, 0.15) is 5.75 Å². The van der Waals surface area contributed by atoms with Crippen LogP contribution in [0.5, 0.6) is 5.75 Å². The molecule has 21 heavy (non-hydrogen) atoms. The van der Waals surface area contributed by atoms with Crippen molar-refractivity contribution in [3.63, 3.8) is 0 Å². The molecule has 2 rings (SSSR count). The van der Waals surface area contributed by atoms with Crippen molar-refractivity contribution >= 4 is 35.3 Å². The fourth-order valence-corrected chi connectivity index (χ4v) is 1.99. The molecule has 1 N–H and O–H groups in total. The second kappa shape index (κ2) is 7.11. The van der Waals surface area contributed by atoms with Crippen LogP contribution in [0.4, 0.5) is 0 Å². The Hall–Kier alpha value is -2.04. The highest BCUT2D eigenvalue weighted by Gasteiger charge is 2.03. The number of methoxy groups -OCH3 is 1. The van der Waals surface area contributed by atoms with Crippen molar-refractivity contribution < 1.29 is 9.53 Å². The first-order chi connectivity index (χ1) is 10.1. The van der Waals surface area contributed by atoms with Crippen LogP contribution in [-0.2, 0) is 0 Å². The zero-order valence-electron chi connectivity index (χ0n) is 11.1. The number of nitrogens with zero attached hydrogens (tertiary/aromatic N) is 1. The average molecular weight is 323 g/mol. The molecule has 0 aromatic heterocycles. The zero-order chi connectivity index (χ0) is 15.2. The van der Waals surface area contributed by atoms with E-state index in [2.05, 4.69) is 10.5 Å². The normalized spacial score (nSPS) is 10.6. The second-order valence-corrected chi connectivity index (χ2v) is 4.94. The van der Waals surface area contributed by atoms with Gasteiger partial charge in [0.2, 0.25) is 0 Å². The van der Waals surface area contributed by atoms with Gasteiger partial charge in [0, 0.05) is 10.6 Å². The van der Waals surface area contributed by atoms with E-state index in [1.807, 2.05) is 0 Å². The van der Waals surface area contributed by atoms with Gasteiger partial charge in [-0.3, -0.25) is 4.79 Å². The molecule has 6 heteroatoms. The number of carbonyl (C=O) groups excluding carboxylic acids is 1. The monoisotopic (exact) mass is 322 g/mol. The number of nitrogens with one attached hydrogen (secondary N) is 1. The third kappa shape index (κ3) is 4.21. The fourth-order valence-electron chi connectivity index (χ4n) is 1.59. The highest BCUT2D eigenvalue weighted by atomic mass is 35.5. The maximum atomic E-state index is 11.8. The molecule has 0 fully saturated rings. The molecule has 0 spiro atoms. The summed E-state index contributed by atoms with van der Waals surface area (Å²) in [6, 6.07) is 11.7. The van der Waals surface area contributed by atoms with Crippen LogP contribution in [0.1, 0.15) is 15.9 Å². The first kappa shape index (κ1) is 15.4. The Labute approximate surface area is 132 Å². The summed E-state index contributed by atoms with van der Waals surface area (Å²) in [7, 11) is 1.54. The smallest absolute Gasteiger partial charge is 0.271 e. The minimum atomic E-state index is -0.317. The highest BCUT2D eigenvalue weighted by Crippen LogP contribution is 2.24. The second-order valence-electron chi connectivity index (χ2n) is 4.10. The Bertz CT molecular complexity index is 670. The van der Waals surface area contributed by atoms with E-state index in [1.54, 1.807) is 49.6 Å². The molecule has 0 radical (unpaired) electrons. The number of hydrazone groups is 1. The van der Waals surface area contributed by atoms with Gasteiger partial charge in [0.05, 0.1) is 18.3 Å². The van der Waals surface area contributed by atoms with Crippen molar-refractivity contribution in [3.8, 4) is 5.75 Å². The van der Waals surface area contributed by atoms with Gasteiger partial charge >= 0.3 is 0 Å². The van der Waals surface area contributed by atoms with Crippen molar-refractivity contribution in [3.05, 3.63) is 63.6 Å². The van der Waals surface area contributed by atoms with Crippen LogP contribution in [0.25, 0.3) is 0 Å². The number of halogens is 2. The minimum Gasteiger partial charge on any atom is -0.495 e. The summed E-state index contributed by atoms with van der Waals surface area (Å²) in [5.41, 5.74) is 3.65. The van der Waals surface area contributed by atoms with Crippen LogP contribution >= 0.6 is 23.2 Å². The first-order valence-corrected chi connectivity index (χ1v) is 6.78. The summed E-state index contributed by atoms with van der Waals surface area (Å²) >= 11 is 11.8. The lowest BCUT2D eigenvalue weighted by atomic mass is 10.2. The lowest BCUT2D eigenvalue weighted by Gasteiger charge is -2.03. The van der Waals surface area contributed by atoms with Crippen LogP contribution in [0.3, 0.4) is 0 Å². The Morgan fingerprint density at radius 1 is 1.19 bits per heavy atom. The maximum absolute atomic E-state index is 11.8. The first-order valence-electron chi connectivity index (χ1n) is 6.02. The largest absolute Gasteiger partial charge is 0.495 e. The molecular formula is C15H12Cl2N2O2. The van der Waals surface area contributed by atoms with Crippen molar-refractivity contribution in [2.24, 2.45) is 5.10 Å². The van der Waals surface area contributed by atoms with Crippen molar-refractivity contribution in [2.75, 3.05) is 7.11 Å². The van der Waals surface area contributed by atoms with E-state index < -0.39 is 0 Å². The van der Waals surface area contributed by atoms with E-state index in [9.17, 15) is 4.79 Å². The van der Waals surface area contributed by atoms with Gasteiger partial charge in [-0.2, -0.15) is 5.10 Å². The molecule has 0 bridgehead atoms. The van der Waals surface area contributed by atoms with Gasteiger partial charge in [-0.1, -0.05) is 23.2 Å². The number of ether oxygens (including phenoxy) is 1. The van der Waals surface area contributed by atoms with Crippen LogP contribution in [0.2, 0.25) is 10.0 Å². The summed E-state index contributed by atoms with van der Waals surface area (Å²) in [5.74, 6) is 0.265. The molecule has 0 unspecified atom stereocenters. The average Bonchev–Trinajstić information content (AvgIpc) is 2.48. The lowest BCUT2D eigenvalue weighted by Crippen LogP contribution is -2.17. The van der Waals surface area contributed by atoms with Crippen LogP contribution in [0.15, 0.2) is 47.6 Å². The summed E-state index contributed by atoms with van der Waals surface area (Å²) in [5, 5.41) is 4.93. The van der Waals surface area contributed by atoms with Gasteiger partial charge in [-0.05, 0) is 48.0 Å². The van der Waals surface area contributed by atoms with Crippen molar-refractivity contribution in [2.45, 2.75) is 0 Å². The number of rotatable bonds is 4. The Kier molecular flexibility index (Phi) is 5.20. The Morgan fingerprint density at radius 2 is 1.90 bits per heavy atom. The van der Waals surface area contributed by atoms with E-state index in [-0.39, 0.29) is 5.91 Å². The molecule has 1 amide bonds. The van der Waals surface area contributed by atoms with E-state index in [4.69, 9.17) is 27.9 Å². The number of amides is 1. The molecule has 4 nitrogen and oxygen atoms in total. The summed E-state index contributed by atoms with van der Waals surface area (Å²) in [6.45, 7) is 0. The Balaban J connectivity index is 2.00. The van der Waals surface area contributed by atoms with Crippen molar-refractivity contribution in [1.82, 2.24) is 5.43 Å². The summed E-state index contributed by atoms with van der Waals surface area (Å²) < 4.78 is 5.05. The molecule has 0 aliphatic heterocycles. The molecule has 2 aromatic rings. The SMILES string of the molecule is COc1ccc(/C=N/NC(=O)c2ccc(Cl)cc2)cc1Cl. The van der Waals surface area contributed by atoms with Gasteiger partial charge in [0.25, 0.3) is 5.91 Å². The standard InChI is InChI=1S/C15H12Cl2N2O2/c1-21-14-7-2-10(8-13(14)17)9-18-19-15(20)11-3-5-12(16)6-4-11/h2-9H,1H3,(H,19,20)/b18-9+. The highest BCUT2D eigenvalue weighted by molar-refractivity contribution is 6.32. The van der Waals surface area contributed by atoms with E-state index in [0.29, 0.717) is 21.4 Å². The summed E-state index contributed by atoms with van der Waals surface area (Å²) in [6.07, 6.45) is 1.50. The van der Waals surface area contributed by atoms with E-state index >= 15 is 0 Å². The predicted molar refractivity (Wildman–Crippen MR) is 84.5 cm³/mol. The van der Waals surface area contributed by atoms with Crippen LogP contribution < -0.4 is 10.2 Å². The van der Waals surface area contributed by atoms with Gasteiger partial charge in [0.15, 0.2) is 0 Å². The molecule has 2 aromatic carbocycles.